The van der Waals surface area contributed by atoms with E-state index < -0.39 is 17.9 Å². The van der Waals surface area contributed by atoms with Crippen LogP contribution in [0.2, 0.25) is 0 Å². The SMILES string of the molecule is O=C(N[C@@H](C(=O)O)c1ccccc1)c1cccc(OC2CCCC2)c1. The van der Waals surface area contributed by atoms with Gasteiger partial charge in [0.15, 0.2) is 6.04 Å². The maximum Gasteiger partial charge on any atom is 0.330 e. The minimum atomic E-state index is -1.10. The quantitative estimate of drug-likeness (QED) is 0.844. The number of amides is 1. The fourth-order valence-electron chi connectivity index (χ4n) is 3.06. The van der Waals surface area contributed by atoms with E-state index >= 15 is 0 Å². The first kappa shape index (κ1) is 17.0. The van der Waals surface area contributed by atoms with Gasteiger partial charge in [0.2, 0.25) is 0 Å². The smallest absolute Gasteiger partial charge is 0.330 e. The highest BCUT2D eigenvalue weighted by molar-refractivity contribution is 5.97. The van der Waals surface area contributed by atoms with Crippen molar-refractivity contribution in [2.75, 3.05) is 0 Å². The monoisotopic (exact) mass is 339 g/mol. The molecular weight excluding hydrogens is 318 g/mol. The Hall–Kier alpha value is -2.82. The summed E-state index contributed by atoms with van der Waals surface area (Å²) < 4.78 is 5.91. The van der Waals surface area contributed by atoms with Crippen LogP contribution in [-0.4, -0.2) is 23.1 Å². The van der Waals surface area contributed by atoms with E-state index in [2.05, 4.69) is 5.32 Å². The van der Waals surface area contributed by atoms with Gasteiger partial charge in [-0.3, -0.25) is 4.79 Å². The van der Waals surface area contributed by atoms with E-state index in [1.54, 1.807) is 48.5 Å². The fraction of sp³-hybridized carbons (Fsp3) is 0.300. The number of rotatable bonds is 6. The third-order valence-corrected chi connectivity index (χ3v) is 4.36. The average Bonchev–Trinajstić information content (AvgIpc) is 3.13. The molecule has 2 aromatic carbocycles. The second-order valence-corrected chi connectivity index (χ2v) is 6.21. The summed E-state index contributed by atoms with van der Waals surface area (Å²) in [5, 5.41) is 12.0. The van der Waals surface area contributed by atoms with Gasteiger partial charge in [-0.05, 0) is 49.4 Å². The zero-order chi connectivity index (χ0) is 17.6. The zero-order valence-electron chi connectivity index (χ0n) is 13.9. The molecule has 130 valence electrons. The lowest BCUT2D eigenvalue weighted by Gasteiger charge is -2.16. The number of carboxylic acids is 1. The van der Waals surface area contributed by atoms with Gasteiger partial charge in [-0.2, -0.15) is 0 Å². The topological polar surface area (TPSA) is 75.6 Å². The highest BCUT2D eigenvalue weighted by atomic mass is 16.5. The summed E-state index contributed by atoms with van der Waals surface area (Å²) in [4.78, 5) is 24.0. The molecule has 0 aromatic heterocycles. The van der Waals surface area contributed by atoms with Crippen LogP contribution in [0.15, 0.2) is 54.6 Å². The molecule has 1 aliphatic rings. The van der Waals surface area contributed by atoms with Gasteiger partial charge in [0.25, 0.3) is 5.91 Å². The number of hydrogen-bond acceptors (Lipinski definition) is 3. The number of nitrogens with one attached hydrogen (secondary N) is 1. The number of carbonyl (C=O) groups excluding carboxylic acids is 1. The lowest BCUT2D eigenvalue weighted by atomic mass is 10.1. The summed E-state index contributed by atoms with van der Waals surface area (Å²) in [6, 6.07) is 14.4. The number of carboxylic acid groups (broad SMARTS) is 1. The summed E-state index contributed by atoms with van der Waals surface area (Å²) in [5.74, 6) is -0.892. The fourth-order valence-corrected chi connectivity index (χ4v) is 3.06. The minimum absolute atomic E-state index is 0.203. The summed E-state index contributed by atoms with van der Waals surface area (Å²) in [6.45, 7) is 0. The number of aliphatic carboxylic acids is 1. The Morgan fingerprint density at radius 2 is 1.76 bits per heavy atom. The molecular formula is C20H21NO4. The highest BCUT2D eigenvalue weighted by Crippen LogP contribution is 2.25. The maximum atomic E-state index is 12.5. The van der Waals surface area contributed by atoms with Crippen molar-refractivity contribution in [2.45, 2.75) is 37.8 Å². The van der Waals surface area contributed by atoms with Gasteiger partial charge in [0.05, 0.1) is 6.10 Å². The van der Waals surface area contributed by atoms with Crippen molar-refractivity contribution < 1.29 is 19.4 Å². The van der Waals surface area contributed by atoms with Gasteiger partial charge in [0.1, 0.15) is 5.75 Å². The van der Waals surface area contributed by atoms with E-state index in [9.17, 15) is 14.7 Å². The van der Waals surface area contributed by atoms with Crippen LogP contribution in [0.1, 0.15) is 47.6 Å². The Labute approximate surface area is 146 Å². The molecule has 1 aliphatic carbocycles. The van der Waals surface area contributed by atoms with Crippen molar-refractivity contribution in [1.82, 2.24) is 5.32 Å². The van der Waals surface area contributed by atoms with Gasteiger partial charge >= 0.3 is 5.97 Å². The summed E-state index contributed by atoms with van der Waals surface area (Å²) >= 11 is 0. The van der Waals surface area contributed by atoms with E-state index in [4.69, 9.17) is 4.74 Å². The molecule has 2 aromatic rings. The Kier molecular flexibility index (Phi) is 5.33. The van der Waals surface area contributed by atoms with Crippen LogP contribution in [0.25, 0.3) is 0 Å². The molecule has 0 spiro atoms. The number of ether oxygens (including phenoxy) is 1. The molecule has 0 aliphatic heterocycles. The molecule has 2 N–H and O–H groups in total. The summed E-state index contributed by atoms with van der Waals surface area (Å²) in [7, 11) is 0. The highest BCUT2D eigenvalue weighted by Gasteiger charge is 2.23. The molecule has 1 saturated carbocycles. The predicted molar refractivity (Wildman–Crippen MR) is 93.6 cm³/mol. The van der Waals surface area contributed by atoms with Crippen molar-refractivity contribution in [2.24, 2.45) is 0 Å². The first-order valence-electron chi connectivity index (χ1n) is 8.49. The Bertz CT molecular complexity index is 738. The molecule has 1 atom stereocenters. The molecule has 1 fully saturated rings. The van der Waals surface area contributed by atoms with E-state index in [0.717, 1.165) is 12.8 Å². The third kappa shape index (κ3) is 4.38. The first-order valence-corrected chi connectivity index (χ1v) is 8.49. The van der Waals surface area contributed by atoms with Crippen LogP contribution < -0.4 is 10.1 Å². The second-order valence-electron chi connectivity index (χ2n) is 6.21. The standard InChI is InChI=1S/C20H21NO4/c22-19(21-18(20(23)24)14-7-2-1-3-8-14)15-9-6-12-17(13-15)25-16-10-4-5-11-16/h1-3,6-9,12-13,16,18H,4-5,10-11H2,(H,21,22)(H,23,24)/t18-/m1/s1. The average molecular weight is 339 g/mol. The molecule has 5 nitrogen and oxygen atoms in total. The number of hydrogen-bond donors (Lipinski definition) is 2. The zero-order valence-corrected chi connectivity index (χ0v) is 13.9. The van der Waals surface area contributed by atoms with Crippen molar-refractivity contribution >= 4 is 11.9 Å². The van der Waals surface area contributed by atoms with Crippen LogP contribution in [0, 0.1) is 0 Å². The lowest BCUT2D eigenvalue weighted by molar-refractivity contribution is -0.139. The largest absolute Gasteiger partial charge is 0.490 e. The predicted octanol–water partition coefficient (Wildman–Crippen LogP) is 3.56. The van der Waals surface area contributed by atoms with Gasteiger partial charge < -0.3 is 15.2 Å². The number of benzene rings is 2. The molecule has 25 heavy (non-hydrogen) atoms. The number of carbonyl (C=O) groups is 2. The maximum absolute atomic E-state index is 12.5. The Balaban J connectivity index is 1.72. The van der Waals surface area contributed by atoms with Gasteiger partial charge in [-0.1, -0.05) is 36.4 Å². The van der Waals surface area contributed by atoms with Crippen LogP contribution in [0.3, 0.4) is 0 Å². The van der Waals surface area contributed by atoms with Gasteiger partial charge in [-0.15, -0.1) is 0 Å². The van der Waals surface area contributed by atoms with Crippen LogP contribution >= 0.6 is 0 Å². The van der Waals surface area contributed by atoms with Crippen LogP contribution in [0.5, 0.6) is 5.75 Å². The van der Waals surface area contributed by atoms with Crippen molar-refractivity contribution in [3.63, 3.8) is 0 Å². The summed E-state index contributed by atoms with van der Waals surface area (Å²) in [6.07, 6.45) is 4.61. The van der Waals surface area contributed by atoms with Gasteiger partial charge in [0, 0.05) is 5.56 Å². The molecule has 5 heteroatoms. The van der Waals surface area contributed by atoms with E-state index in [1.807, 2.05) is 6.07 Å². The lowest BCUT2D eigenvalue weighted by Crippen LogP contribution is -2.33. The molecule has 0 heterocycles. The second kappa shape index (κ2) is 7.83. The van der Waals surface area contributed by atoms with Gasteiger partial charge in [-0.25, -0.2) is 4.79 Å². The van der Waals surface area contributed by atoms with E-state index in [0.29, 0.717) is 16.9 Å². The normalized spacial score (nSPS) is 15.5. The minimum Gasteiger partial charge on any atom is -0.490 e. The molecule has 0 saturated heterocycles. The Morgan fingerprint density at radius 1 is 1.04 bits per heavy atom. The van der Waals surface area contributed by atoms with Crippen molar-refractivity contribution in [1.29, 1.82) is 0 Å². The molecule has 0 unspecified atom stereocenters. The van der Waals surface area contributed by atoms with Crippen LogP contribution in [0.4, 0.5) is 0 Å². The third-order valence-electron chi connectivity index (χ3n) is 4.36. The van der Waals surface area contributed by atoms with E-state index in [1.165, 1.54) is 12.8 Å². The Morgan fingerprint density at radius 3 is 2.44 bits per heavy atom. The van der Waals surface area contributed by atoms with Crippen molar-refractivity contribution in [3.05, 3.63) is 65.7 Å². The molecule has 1 amide bonds. The molecule has 0 radical (unpaired) electrons. The molecule has 3 rings (SSSR count). The summed E-state index contributed by atoms with van der Waals surface area (Å²) in [5.41, 5.74) is 0.916. The first-order chi connectivity index (χ1) is 12.1. The van der Waals surface area contributed by atoms with E-state index in [-0.39, 0.29) is 6.10 Å². The van der Waals surface area contributed by atoms with Crippen LogP contribution in [-0.2, 0) is 4.79 Å². The van der Waals surface area contributed by atoms with Crippen molar-refractivity contribution in [3.8, 4) is 5.75 Å². The molecule has 0 bridgehead atoms.